The molecule has 0 radical (unpaired) electrons. The molecule has 0 saturated heterocycles. The van der Waals surface area contributed by atoms with E-state index in [9.17, 15) is 4.79 Å². The summed E-state index contributed by atoms with van der Waals surface area (Å²) in [6.07, 6.45) is 0.806. The van der Waals surface area contributed by atoms with Crippen LogP contribution in [0.15, 0.2) is 10.6 Å². The number of carbonyl (C=O) groups is 1. The van der Waals surface area contributed by atoms with Crippen molar-refractivity contribution in [2.24, 2.45) is 11.3 Å². The Morgan fingerprint density at radius 2 is 1.82 bits per heavy atom. The molecule has 0 aromatic heterocycles. The summed E-state index contributed by atoms with van der Waals surface area (Å²) in [5, 5.41) is 0. The van der Waals surface area contributed by atoms with Gasteiger partial charge < -0.3 is 9.47 Å². The van der Waals surface area contributed by atoms with Crippen molar-refractivity contribution in [3.05, 3.63) is 10.6 Å². The van der Waals surface area contributed by atoms with E-state index in [2.05, 4.69) is 0 Å². The number of ether oxygens (including phenoxy) is 2. The molecule has 3 nitrogen and oxygen atoms in total. The molecule has 1 aliphatic carbocycles. The van der Waals surface area contributed by atoms with E-state index in [1.807, 2.05) is 13.8 Å². The summed E-state index contributed by atoms with van der Waals surface area (Å²) in [6.45, 7) is 9.35. The zero-order chi connectivity index (χ0) is 13.4. The lowest BCUT2D eigenvalue weighted by atomic mass is 10.1. The average molecular weight is 281 g/mol. The van der Waals surface area contributed by atoms with Crippen LogP contribution in [0, 0.1) is 11.3 Å². The van der Waals surface area contributed by atoms with Crippen LogP contribution >= 0.6 is 23.2 Å². The lowest BCUT2D eigenvalue weighted by Gasteiger charge is -2.19. The third-order valence-corrected chi connectivity index (χ3v) is 2.98. The molecular weight excluding hydrogens is 263 g/mol. The Morgan fingerprint density at radius 3 is 2.24 bits per heavy atom. The predicted octanol–water partition coefficient (Wildman–Crippen LogP) is 4.28. The van der Waals surface area contributed by atoms with Gasteiger partial charge in [-0.1, -0.05) is 37.0 Å². The van der Waals surface area contributed by atoms with Crippen molar-refractivity contribution in [2.75, 3.05) is 0 Å². The molecule has 17 heavy (non-hydrogen) atoms. The van der Waals surface area contributed by atoms with Crippen molar-refractivity contribution < 1.29 is 14.3 Å². The maximum absolute atomic E-state index is 11.5. The van der Waals surface area contributed by atoms with Crippen LogP contribution in [-0.2, 0) is 9.47 Å². The van der Waals surface area contributed by atoms with E-state index in [-0.39, 0.29) is 21.9 Å². The summed E-state index contributed by atoms with van der Waals surface area (Å²) in [6, 6.07) is 0. The molecule has 98 valence electrons. The Labute approximate surface area is 112 Å². The van der Waals surface area contributed by atoms with Gasteiger partial charge in [-0.25, -0.2) is 4.79 Å². The van der Waals surface area contributed by atoms with Gasteiger partial charge in [-0.05, 0) is 26.8 Å². The fraction of sp³-hybridized carbons (Fsp3) is 0.750. The Kier molecular flexibility index (Phi) is 4.04. The third kappa shape index (κ3) is 4.07. The lowest BCUT2D eigenvalue weighted by molar-refractivity contribution is -0.0161. The number of rotatable bonds is 2. The average Bonchev–Trinajstić information content (AvgIpc) is 2.50. The van der Waals surface area contributed by atoms with Gasteiger partial charge in [0.2, 0.25) is 0 Å². The maximum Gasteiger partial charge on any atom is 0.509 e. The van der Waals surface area contributed by atoms with Crippen molar-refractivity contribution in [1.29, 1.82) is 0 Å². The predicted molar refractivity (Wildman–Crippen MR) is 68.2 cm³/mol. The van der Waals surface area contributed by atoms with Crippen LogP contribution in [0.4, 0.5) is 4.79 Å². The molecule has 0 heterocycles. The normalized spacial score (nSPS) is 26.1. The summed E-state index contributed by atoms with van der Waals surface area (Å²) in [5.74, 6) is 0.0417. The van der Waals surface area contributed by atoms with Gasteiger partial charge in [0.05, 0.1) is 0 Å². The molecule has 0 spiro atoms. The third-order valence-electron chi connectivity index (χ3n) is 2.73. The fourth-order valence-corrected chi connectivity index (χ4v) is 1.94. The number of carbonyl (C=O) groups excluding carboxylic acids is 1. The summed E-state index contributed by atoms with van der Waals surface area (Å²) >= 11 is 11.2. The van der Waals surface area contributed by atoms with Crippen molar-refractivity contribution in [1.82, 2.24) is 0 Å². The molecule has 0 N–H and O–H groups in total. The van der Waals surface area contributed by atoms with Crippen molar-refractivity contribution in [3.8, 4) is 0 Å². The first-order valence-corrected chi connectivity index (χ1v) is 6.22. The zero-order valence-corrected chi connectivity index (χ0v) is 12.2. The molecule has 2 atom stereocenters. The molecule has 0 aliphatic heterocycles. The van der Waals surface area contributed by atoms with Gasteiger partial charge in [0.1, 0.15) is 16.2 Å². The Morgan fingerprint density at radius 1 is 1.29 bits per heavy atom. The van der Waals surface area contributed by atoms with Gasteiger partial charge in [-0.2, -0.15) is 0 Å². The molecule has 2 unspecified atom stereocenters. The van der Waals surface area contributed by atoms with E-state index in [0.717, 1.165) is 0 Å². The highest BCUT2D eigenvalue weighted by Crippen LogP contribution is 2.55. The Hall–Kier alpha value is -0.410. The topological polar surface area (TPSA) is 35.5 Å². The van der Waals surface area contributed by atoms with E-state index in [1.54, 1.807) is 26.8 Å². The second-order valence-electron chi connectivity index (χ2n) is 5.81. The van der Waals surface area contributed by atoms with Crippen LogP contribution in [0.2, 0.25) is 0 Å². The standard InChI is InChI=1S/C12H18Cl2O3/c1-11(2,3)17-10(15)16-9-7(6-8(13)14)12(9,4)5/h6-7,9H,1-5H3. The highest BCUT2D eigenvalue weighted by Gasteiger charge is 2.60. The highest BCUT2D eigenvalue weighted by atomic mass is 35.5. The molecule has 0 aromatic rings. The molecule has 0 aromatic carbocycles. The summed E-state index contributed by atoms with van der Waals surface area (Å²) in [7, 11) is 0. The minimum absolute atomic E-state index is 0.0417. The molecule has 1 rings (SSSR count). The van der Waals surface area contributed by atoms with E-state index in [0.29, 0.717) is 0 Å². The number of halogens is 2. The van der Waals surface area contributed by atoms with Gasteiger partial charge in [-0.3, -0.25) is 0 Å². The molecule has 5 heteroatoms. The Balaban J connectivity index is 2.55. The molecule has 1 saturated carbocycles. The summed E-state index contributed by atoms with van der Waals surface area (Å²) in [4.78, 5) is 11.5. The number of hydrogen-bond acceptors (Lipinski definition) is 3. The minimum atomic E-state index is -0.655. The van der Waals surface area contributed by atoms with E-state index >= 15 is 0 Å². The van der Waals surface area contributed by atoms with Crippen LogP contribution in [0.1, 0.15) is 34.6 Å². The first kappa shape index (κ1) is 14.7. The summed E-state index contributed by atoms with van der Waals surface area (Å²) < 4.78 is 10.5. The Bertz CT molecular complexity index is 338. The van der Waals surface area contributed by atoms with E-state index in [1.165, 1.54) is 0 Å². The monoisotopic (exact) mass is 280 g/mol. The summed E-state index contributed by atoms with van der Waals surface area (Å²) in [5.41, 5.74) is -0.697. The van der Waals surface area contributed by atoms with Gasteiger partial charge in [0, 0.05) is 11.3 Å². The fourth-order valence-electron chi connectivity index (χ4n) is 1.67. The molecule has 0 amide bonds. The van der Waals surface area contributed by atoms with Gasteiger partial charge >= 0.3 is 6.16 Å². The van der Waals surface area contributed by atoms with Crippen LogP contribution in [0.5, 0.6) is 0 Å². The quantitative estimate of drug-likeness (QED) is 0.708. The SMILES string of the molecule is CC(C)(C)OC(=O)OC1C(C=C(Cl)Cl)C1(C)C. The number of hydrogen-bond donors (Lipinski definition) is 0. The van der Waals surface area contributed by atoms with E-state index < -0.39 is 11.8 Å². The smallest absolute Gasteiger partial charge is 0.430 e. The first-order valence-electron chi connectivity index (χ1n) is 5.46. The van der Waals surface area contributed by atoms with Crippen molar-refractivity contribution >= 4 is 29.4 Å². The first-order chi connectivity index (χ1) is 7.54. The van der Waals surface area contributed by atoms with E-state index in [4.69, 9.17) is 32.7 Å². The second-order valence-corrected chi connectivity index (χ2v) is 6.81. The van der Waals surface area contributed by atoms with Crippen LogP contribution in [0.25, 0.3) is 0 Å². The molecule has 0 bridgehead atoms. The van der Waals surface area contributed by atoms with Crippen LogP contribution in [-0.4, -0.2) is 17.9 Å². The van der Waals surface area contributed by atoms with Crippen LogP contribution in [0.3, 0.4) is 0 Å². The molecule has 1 fully saturated rings. The lowest BCUT2D eigenvalue weighted by Crippen LogP contribution is -2.25. The molecular formula is C12H18Cl2O3. The maximum atomic E-state index is 11.5. The van der Waals surface area contributed by atoms with Gasteiger partial charge in [-0.15, -0.1) is 0 Å². The second kappa shape index (κ2) is 4.69. The van der Waals surface area contributed by atoms with Gasteiger partial charge in [0.25, 0.3) is 0 Å². The zero-order valence-electron chi connectivity index (χ0n) is 10.7. The highest BCUT2D eigenvalue weighted by molar-refractivity contribution is 6.55. The van der Waals surface area contributed by atoms with Crippen LogP contribution < -0.4 is 0 Å². The molecule has 1 aliphatic rings. The van der Waals surface area contributed by atoms with Gasteiger partial charge in [0.15, 0.2) is 0 Å². The largest absolute Gasteiger partial charge is 0.509 e. The van der Waals surface area contributed by atoms with Crippen molar-refractivity contribution in [2.45, 2.75) is 46.3 Å². The minimum Gasteiger partial charge on any atom is -0.430 e. The van der Waals surface area contributed by atoms with Crippen molar-refractivity contribution in [3.63, 3.8) is 0 Å².